The lowest BCUT2D eigenvalue weighted by atomic mass is 10.3. The SMILES string of the molecule is Fc1c[nH]cc1CNC1CC1. The van der Waals surface area contributed by atoms with E-state index in [-0.39, 0.29) is 5.82 Å². The van der Waals surface area contributed by atoms with Gasteiger partial charge in [-0.25, -0.2) is 4.39 Å². The van der Waals surface area contributed by atoms with E-state index in [4.69, 9.17) is 0 Å². The van der Waals surface area contributed by atoms with Crippen LogP contribution in [0.4, 0.5) is 4.39 Å². The molecule has 1 aliphatic carbocycles. The quantitative estimate of drug-likeness (QED) is 0.676. The van der Waals surface area contributed by atoms with Gasteiger partial charge in [-0.05, 0) is 12.8 Å². The van der Waals surface area contributed by atoms with Gasteiger partial charge in [0.25, 0.3) is 0 Å². The molecule has 2 nitrogen and oxygen atoms in total. The van der Waals surface area contributed by atoms with Crippen LogP contribution < -0.4 is 5.32 Å². The van der Waals surface area contributed by atoms with Crippen molar-refractivity contribution < 1.29 is 4.39 Å². The molecular weight excluding hydrogens is 143 g/mol. The zero-order valence-corrected chi connectivity index (χ0v) is 6.23. The summed E-state index contributed by atoms with van der Waals surface area (Å²) in [4.78, 5) is 2.73. The Kier molecular flexibility index (Phi) is 1.66. The fraction of sp³-hybridized carbons (Fsp3) is 0.500. The summed E-state index contributed by atoms with van der Waals surface area (Å²) in [6.07, 6.45) is 5.56. The first-order chi connectivity index (χ1) is 5.36. The summed E-state index contributed by atoms with van der Waals surface area (Å²) < 4.78 is 12.7. The van der Waals surface area contributed by atoms with Crippen LogP contribution in [-0.2, 0) is 6.54 Å². The van der Waals surface area contributed by atoms with E-state index in [1.807, 2.05) is 0 Å². The molecule has 0 unspecified atom stereocenters. The van der Waals surface area contributed by atoms with Crippen LogP contribution in [0, 0.1) is 5.82 Å². The highest BCUT2D eigenvalue weighted by molar-refractivity contribution is 5.11. The third-order valence-corrected chi connectivity index (χ3v) is 1.93. The lowest BCUT2D eigenvalue weighted by molar-refractivity contribution is 0.592. The smallest absolute Gasteiger partial charge is 0.145 e. The van der Waals surface area contributed by atoms with Crippen LogP contribution in [-0.4, -0.2) is 11.0 Å². The van der Waals surface area contributed by atoms with E-state index in [0.717, 1.165) is 5.56 Å². The standard InChI is InChI=1S/C8H11FN2/c9-8-5-10-3-6(8)4-11-7-1-2-7/h3,5,7,10-11H,1-2,4H2. The Morgan fingerprint density at radius 1 is 1.55 bits per heavy atom. The first kappa shape index (κ1) is 6.85. The van der Waals surface area contributed by atoms with E-state index >= 15 is 0 Å². The predicted octanol–water partition coefficient (Wildman–Crippen LogP) is 1.41. The number of rotatable bonds is 3. The van der Waals surface area contributed by atoms with Crippen LogP contribution in [0.5, 0.6) is 0 Å². The molecule has 0 aliphatic heterocycles. The van der Waals surface area contributed by atoms with Crippen LogP contribution in [0.3, 0.4) is 0 Å². The minimum Gasteiger partial charge on any atom is -0.365 e. The maximum atomic E-state index is 12.7. The van der Waals surface area contributed by atoms with Crippen molar-refractivity contribution in [3.05, 3.63) is 23.8 Å². The van der Waals surface area contributed by atoms with Crippen LogP contribution in [0.25, 0.3) is 0 Å². The molecular formula is C8H11FN2. The van der Waals surface area contributed by atoms with Crippen LogP contribution in [0.1, 0.15) is 18.4 Å². The van der Waals surface area contributed by atoms with Crippen LogP contribution in [0.15, 0.2) is 12.4 Å². The Bertz CT molecular complexity index is 240. The Labute approximate surface area is 64.8 Å². The number of aromatic amines is 1. The van der Waals surface area contributed by atoms with Crippen LogP contribution in [0.2, 0.25) is 0 Å². The molecule has 1 aromatic heterocycles. The van der Waals surface area contributed by atoms with Gasteiger partial charge >= 0.3 is 0 Å². The molecule has 0 atom stereocenters. The predicted molar refractivity (Wildman–Crippen MR) is 40.6 cm³/mol. The van der Waals surface area contributed by atoms with Crippen molar-refractivity contribution in [2.75, 3.05) is 0 Å². The third kappa shape index (κ3) is 1.60. The molecule has 1 heterocycles. The summed E-state index contributed by atoms with van der Waals surface area (Å²) in [5.41, 5.74) is 0.733. The highest BCUT2D eigenvalue weighted by Crippen LogP contribution is 2.19. The van der Waals surface area contributed by atoms with E-state index in [1.54, 1.807) is 6.20 Å². The van der Waals surface area contributed by atoms with E-state index < -0.39 is 0 Å². The number of nitrogens with one attached hydrogen (secondary N) is 2. The second kappa shape index (κ2) is 2.66. The molecule has 2 rings (SSSR count). The van der Waals surface area contributed by atoms with Gasteiger partial charge in [0.15, 0.2) is 0 Å². The Hall–Kier alpha value is -0.830. The second-order valence-electron chi connectivity index (χ2n) is 2.98. The van der Waals surface area contributed by atoms with Crippen molar-refractivity contribution >= 4 is 0 Å². The first-order valence-corrected chi connectivity index (χ1v) is 3.91. The van der Waals surface area contributed by atoms with E-state index in [0.29, 0.717) is 12.6 Å². The highest BCUT2D eigenvalue weighted by atomic mass is 19.1. The molecule has 3 heteroatoms. The molecule has 1 aliphatic rings. The summed E-state index contributed by atoms with van der Waals surface area (Å²) in [5, 5.41) is 3.24. The second-order valence-corrected chi connectivity index (χ2v) is 2.98. The summed E-state index contributed by atoms with van der Waals surface area (Å²) in [7, 11) is 0. The summed E-state index contributed by atoms with van der Waals surface area (Å²) in [6.45, 7) is 0.653. The van der Waals surface area contributed by atoms with E-state index in [9.17, 15) is 4.39 Å². The van der Waals surface area contributed by atoms with Gasteiger partial charge in [-0.15, -0.1) is 0 Å². The summed E-state index contributed by atoms with van der Waals surface area (Å²) in [5.74, 6) is -0.141. The molecule has 0 amide bonds. The van der Waals surface area contributed by atoms with Gasteiger partial charge in [-0.3, -0.25) is 0 Å². The minimum absolute atomic E-state index is 0.141. The Balaban J connectivity index is 1.89. The molecule has 0 bridgehead atoms. The largest absolute Gasteiger partial charge is 0.365 e. The highest BCUT2D eigenvalue weighted by Gasteiger charge is 2.20. The van der Waals surface area contributed by atoms with Gasteiger partial charge in [-0.1, -0.05) is 0 Å². The fourth-order valence-electron chi connectivity index (χ4n) is 1.05. The summed E-state index contributed by atoms with van der Waals surface area (Å²) >= 11 is 0. The van der Waals surface area contributed by atoms with Gasteiger partial charge < -0.3 is 10.3 Å². The number of hydrogen-bond acceptors (Lipinski definition) is 1. The van der Waals surface area contributed by atoms with Gasteiger partial charge in [-0.2, -0.15) is 0 Å². The Morgan fingerprint density at radius 3 is 2.91 bits per heavy atom. The fourth-order valence-corrected chi connectivity index (χ4v) is 1.05. The zero-order valence-electron chi connectivity index (χ0n) is 6.23. The molecule has 1 aromatic rings. The number of halogens is 1. The first-order valence-electron chi connectivity index (χ1n) is 3.91. The maximum Gasteiger partial charge on any atom is 0.145 e. The number of H-pyrrole nitrogens is 1. The molecule has 1 saturated carbocycles. The van der Waals surface area contributed by atoms with Crippen molar-refractivity contribution in [3.63, 3.8) is 0 Å². The number of aromatic nitrogens is 1. The zero-order chi connectivity index (χ0) is 7.68. The normalized spacial score (nSPS) is 17.2. The molecule has 0 saturated heterocycles. The number of hydrogen-bond donors (Lipinski definition) is 2. The van der Waals surface area contributed by atoms with Crippen molar-refractivity contribution in [1.29, 1.82) is 0 Å². The van der Waals surface area contributed by atoms with E-state index in [1.165, 1.54) is 19.0 Å². The topological polar surface area (TPSA) is 27.8 Å². The molecule has 0 aromatic carbocycles. The molecule has 1 fully saturated rings. The third-order valence-electron chi connectivity index (χ3n) is 1.93. The average molecular weight is 154 g/mol. The molecule has 0 spiro atoms. The molecule has 0 radical (unpaired) electrons. The minimum atomic E-state index is -0.141. The molecule has 11 heavy (non-hydrogen) atoms. The van der Waals surface area contributed by atoms with Gasteiger partial charge in [0.2, 0.25) is 0 Å². The lowest BCUT2D eigenvalue weighted by Gasteiger charge is -1.98. The molecule has 2 N–H and O–H groups in total. The molecule has 60 valence electrons. The van der Waals surface area contributed by atoms with Crippen molar-refractivity contribution in [2.45, 2.75) is 25.4 Å². The Morgan fingerprint density at radius 2 is 2.36 bits per heavy atom. The van der Waals surface area contributed by atoms with Crippen LogP contribution >= 0.6 is 0 Å². The van der Waals surface area contributed by atoms with Gasteiger partial charge in [0.05, 0.1) is 0 Å². The van der Waals surface area contributed by atoms with Crippen molar-refractivity contribution in [3.8, 4) is 0 Å². The summed E-state index contributed by atoms with van der Waals surface area (Å²) in [6, 6.07) is 0.643. The monoisotopic (exact) mass is 154 g/mol. The van der Waals surface area contributed by atoms with Crippen molar-refractivity contribution in [2.24, 2.45) is 0 Å². The van der Waals surface area contributed by atoms with Crippen molar-refractivity contribution in [1.82, 2.24) is 10.3 Å². The average Bonchev–Trinajstić information content (AvgIpc) is 2.73. The van der Waals surface area contributed by atoms with Gasteiger partial charge in [0, 0.05) is 30.5 Å². The maximum absolute atomic E-state index is 12.7. The van der Waals surface area contributed by atoms with Gasteiger partial charge in [0.1, 0.15) is 5.82 Å². The van der Waals surface area contributed by atoms with E-state index in [2.05, 4.69) is 10.3 Å². The lowest BCUT2D eigenvalue weighted by Crippen LogP contribution is -2.15.